The van der Waals surface area contributed by atoms with Gasteiger partial charge in [-0.05, 0) is 43.9 Å². The smallest absolute Gasteiger partial charge is 0.0644 e. The highest BCUT2D eigenvalue weighted by molar-refractivity contribution is 5.26. The second-order valence-corrected chi connectivity index (χ2v) is 6.45. The molecule has 3 aliphatic rings. The second-order valence-electron chi connectivity index (χ2n) is 6.45. The number of allylic oxidation sites excluding steroid dienone is 1. The Balaban J connectivity index is 1.49. The van der Waals surface area contributed by atoms with Crippen molar-refractivity contribution in [2.75, 3.05) is 6.61 Å². The van der Waals surface area contributed by atoms with Gasteiger partial charge in [0.1, 0.15) is 0 Å². The van der Waals surface area contributed by atoms with Crippen LogP contribution in [0, 0.1) is 11.8 Å². The number of nitrogens with one attached hydrogen (secondary N) is 1. The molecule has 4 heteroatoms. The number of rotatable bonds is 4. The first-order valence-corrected chi connectivity index (χ1v) is 7.95. The molecule has 0 aliphatic heterocycles. The molecule has 0 saturated heterocycles. The normalized spacial score (nSPS) is 34.6. The van der Waals surface area contributed by atoms with Crippen molar-refractivity contribution in [1.82, 2.24) is 15.1 Å². The number of aliphatic hydroxyl groups is 1. The van der Waals surface area contributed by atoms with Gasteiger partial charge in [-0.15, -0.1) is 0 Å². The van der Waals surface area contributed by atoms with Crippen LogP contribution in [0.1, 0.15) is 43.0 Å². The van der Waals surface area contributed by atoms with E-state index in [9.17, 15) is 0 Å². The molecule has 108 valence electrons. The fourth-order valence-electron chi connectivity index (χ4n) is 4.25. The highest BCUT2D eigenvalue weighted by Crippen LogP contribution is 2.44. The third-order valence-corrected chi connectivity index (χ3v) is 5.35. The molecule has 2 N–H and O–H groups in total. The molecule has 3 aliphatic carbocycles. The zero-order chi connectivity index (χ0) is 13.5. The zero-order valence-corrected chi connectivity index (χ0v) is 11.8. The molecule has 1 aromatic rings. The van der Waals surface area contributed by atoms with Gasteiger partial charge in [-0.3, -0.25) is 4.68 Å². The standard InChI is InChI=1S/C16H23N3O/c20-8-7-19-16-6-2-5-14(13(16)10-17-19)18-15-9-11-3-1-4-12(11)15/h1,4,10-12,14-15,18,20H,2-3,5-9H2. The number of fused-ring (bicyclic) bond motifs is 2. The Morgan fingerprint density at radius 3 is 3.25 bits per heavy atom. The quantitative estimate of drug-likeness (QED) is 0.823. The van der Waals surface area contributed by atoms with Gasteiger partial charge in [0.15, 0.2) is 0 Å². The molecule has 0 amide bonds. The van der Waals surface area contributed by atoms with Crippen LogP contribution in [0.15, 0.2) is 18.3 Å². The van der Waals surface area contributed by atoms with Gasteiger partial charge >= 0.3 is 0 Å². The van der Waals surface area contributed by atoms with E-state index < -0.39 is 0 Å². The predicted molar refractivity (Wildman–Crippen MR) is 77.3 cm³/mol. The first-order chi connectivity index (χ1) is 9.86. The minimum Gasteiger partial charge on any atom is -0.394 e. The lowest BCUT2D eigenvalue weighted by Crippen LogP contribution is -2.49. The summed E-state index contributed by atoms with van der Waals surface area (Å²) in [5, 5.41) is 17.4. The van der Waals surface area contributed by atoms with Gasteiger partial charge in [-0.1, -0.05) is 12.2 Å². The summed E-state index contributed by atoms with van der Waals surface area (Å²) >= 11 is 0. The van der Waals surface area contributed by atoms with E-state index in [1.54, 1.807) is 0 Å². The molecule has 0 spiro atoms. The third kappa shape index (κ3) is 1.93. The molecule has 4 rings (SSSR count). The van der Waals surface area contributed by atoms with Crippen molar-refractivity contribution in [2.45, 2.75) is 50.7 Å². The topological polar surface area (TPSA) is 50.1 Å². The summed E-state index contributed by atoms with van der Waals surface area (Å²) in [6, 6.07) is 1.13. The minimum atomic E-state index is 0.170. The highest BCUT2D eigenvalue weighted by atomic mass is 16.3. The van der Waals surface area contributed by atoms with E-state index in [4.69, 9.17) is 5.11 Å². The van der Waals surface area contributed by atoms with Crippen LogP contribution < -0.4 is 5.32 Å². The second kappa shape index (κ2) is 5.01. The lowest BCUT2D eigenvalue weighted by atomic mass is 9.70. The molecule has 1 saturated carbocycles. The Morgan fingerprint density at radius 1 is 1.45 bits per heavy atom. The Bertz CT molecular complexity index is 522. The molecule has 4 nitrogen and oxygen atoms in total. The summed E-state index contributed by atoms with van der Waals surface area (Å²) in [6.07, 6.45) is 12.9. The van der Waals surface area contributed by atoms with Crippen LogP contribution in [-0.2, 0) is 13.0 Å². The van der Waals surface area contributed by atoms with Gasteiger partial charge < -0.3 is 10.4 Å². The van der Waals surface area contributed by atoms with E-state index in [0.29, 0.717) is 18.6 Å². The lowest BCUT2D eigenvalue weighted by Gasteiger charge is -2.43. The summed E-state index contributed by atoms with van der Waals surface area (Å²) < 4.78 is 1.99. The molecule has 0 aromatic carbocycles. The molecular formula is C16H23N3O. The molecule has 4 unspecified atom stereocenters. The van der Waals surface area contributed by atoms with Crippen molar-refractivity contribution in [2.24, 2.45) is 11.8 Å². The van der Waals surface area contributed by atoms with Crippen molar-refractivity contribution in [1.29, 1.82) is 0 Å². The summed E-state index contributed by atoms with van der Waals surface area (Å²) in [5.41, 5.74) is 2.70. The third-order valence-electron chi connectivity index (χ3n) is 5.35. The molecular weight excluding hydrogens is 250 g/mol. The minimum absolute atomic E-state index is 0.170. The van der Waals surface area contributed by atoms with Gasteiger partial charge in [-0.2, -0.15) is 5.10 Å². The Labute approximate surface area is 119 Å². The van der Waals surface area contributed by atoms with Gasteiger partial charge in [0.05, 0.1) is 19.3 Å². The number of aromatic nitrogens is 2. The van der Waals surface area contributed by atoms with Crippen LogP contribution in [0.2, 0.25) is 0 Å². The molecule has 20 heavy (non-hydrogen) atoms. The summed E-state index contributed by atoms with van der Waals surface area (Å²) in [7, 11) is 0. The average molecular weight is 273 g/mol. The van der Waals surface area contributed by atoms with Crippen molar-refractivity contribution < 1.29 is 5.11 Å². The van der Waals surface area contributed by atoms with Gasteiger partial charge in [-0.25, -0.2) is 0 Å². The van der Waals surface area contributed by atoms with Crippen LogP contribution in [0.25, 0.3) is 0 Å². The number of hydrogen-bond acceptors (Lipinski definition) is 3. The fraction of sp³-hybridized carbons (Fsp3) is 0.688. The van der Waals surface area contributed by atoms with Crippen molar-refractivity contribution in [3.05, 3.63) is 29.6 Å². The Hall–Kier alpha value is -1.13. The maximum Gasteiger partial charge on any atom is 0.0644 e. The van der Waals surface area contributed by atoms with Crippen LogP contribution in [0.3, 0.4) is 0 Å². The summed E-state index contributed by atoms with van der Waals surface area (Å²) in [4.78, 5) is 0. The number of nitrogens with zero attached hydrogens (tertiary/aromatic N) is 2. The first-order valence-electron chi connectivity index (χ1n) is 7.95. The number of aliphatic hydroxyl groups excluding tert-OH is 1. The predicted octanol–water partition coefficient (Wildman–Crippen LogP) is 1.81. The lowest BCUT2D eigenvalue weighted by molar-refractivity contribution is 0.146. The zero-order valence-electron chi connectivity index (χ0n) is 11.8. The van der Waals surface area contributed by atoms with Crippen molar-refractivity contribution >= 4 is 0 Å². The maximum atomic E-state index is 9.12. The van der Waals surface area contributed by atoms with Gasteiger partial charge in [0, 0.05) is 23.3 Å². The monoisotopic (exact) mass is 273 g/mol. The Morgan fingerprint density at radius 2 is 2.40 bits per heavy atom. The van der Waals surface area contributed by atoms with E-state index in [0.717, 1.165) is 18.3 Å². The van der Waals surface area contributed by atoms with Crippen molar-refractivity contribution in [3.63, 3.8) is 0 Å². The first kappa shape index (κ1) is 12.6. The molecule has 1 heterocycles. The van der Waals surface area contributed by atoms with E-state index in [1.807, 2.05) is 10.9 Å². The van der Waals surface area contributed by atoms with E-state index in [1.165, 1.54) is 36.9 Å². The Kier molecular flexibility index (Phi) is 3.15. The van der Waals surface area contributed by atoms with Gasteiger partial charge in [0.2, 0.25) is 0 Å². The van der Waals surface area contributed by atoms with Crippen LogP contribution >= 0.6 is 0 Å². The molecule has 1 fully saturated rings. The maximum absolute atomic E-state index is 9.12. The molecule has 1 aromatic heterocycles. The molecule has 0 radical (unpaired) electrons. The average Bonchev–Trinajstić information content (AvgIpc) is 3.01. The van der Waals surface area contributed by atoms with E-state index in [-0.39, 0.29) is 6.61 Å². The van der Waals surface area contributed by atoms with Crippen molar-refractivity contribution in [3.8, 4) is 0 Å². The summed E-state index contributed by atoms with van der Waals surface area (Å²) in [5.74, 6) is 1.68. The fourth-order valence-corrected chi connectivity index (χ4v) is 4.25. The highest BCUT2D eigenvalue weighted by Gasteiger charge is 2.42. The van der Waals surface area contributed by atoms with E-state index >= 15 is 0 Å². The molecule has 0 bridgehead atoms. The molecule has 4 atom stereocenters. The van der Waals surface area contributed by atoms with Gasteiger partial charge in [0.25, 0.3) is 0 Å². The summed E-state index contributed by atoms with van der Waals surface area (Å²) in [6.45, 7) is 0.794. The van der Waals surface area contributed by atoms with Crippen LogP contribution in [0.5, 0.6) is 0 Å². The number of hydrogen-bond donors (Lipinski definition) is 2. The SMILES string of the molecule is OCCn1ncc2c1CCCC2NC1CC2CC=CC21. The largest absolute Gasteiger partial charge is 0.394 e. The van der Waals surface area contributed by atoms with Crippen LogP contribution in [-0.4, -0.2) is 27.5 Å². The van der Waals surface area contributed by atoms with Crippen LogP contribution in [0.4, 0.5) is 0 Å². The van der Waals surface area contributed by atoms with E-state index in [2.05, 4.69) is 22.6 Å².